The number of ether oxygens (including phenoxy) is 1. The topological polar surface area (TPSA) is 95.1 Å². The molecule has 30 heavy (non-hydrogen) atoms. The van der Waals surface area contributed by atoms with Crippen LogP contribution in [0.3, 0.4) is 0 Å². The number of rotatable bonds is 8. The Labute approximate surface area is 181 Å². The summed E-state index contributed by atoms with van der Waals surface area (Å²) in [6, 6.07) is 13.8. The first-order valence-electron chi connectivity index (χ1n) is 9.75. The van der Waals surface area contributed by atoms with Crippen LogP contribution in [0.4, 0.5) is 5.69 Å². The van der Waals surface area contributed by atoms with Crippen LogP contribution in [0.25, 0.3) is 0 Å². The Morgan fingerprint density at radius 3 is 2.57 bits per heavy atom. The van der Waals surface area contributed by atoms with E-state index in [-0.39, 0.29) is 18.3 Å². The van der Waals surface area contributed by atoms with Crippen molar-refractivity contribution in [3.8, 4) is 5.75 Å². The molecule has 0 aliphatic rings. The number of hydrogen-bond acceptors (Lipinski definition) is 6. The van der Waals surface area contributed by atoms with Crippen molar-refractivity contribution in [3.05, 3.63) is 65.0 Å². The van der Waals surface area contributed by atoms with E-state index in [1.165, 1.54) is 16.4 Å². The van der Waals surface area contributed by atoms with Gasteiger partial charge in [-0.1, -0.05) is 49.9 Å². The number of carbonyl (C=O) groups is 1. The van der Waals surface area contributed by atoms with Crippen LogP contribution in [-0.4, -0.2) is 26.5 Å². The van der Waals surface area contributed by atoms with Gasteiger partial charge in [0.15, 0.2) is 5.82 Å². The van der Waals surface area contributed by atoms with Crippen LogP contribution < -0.4 is 15.9 Å². The van der Waals surface area contributed by atoms with Gasteiger partial charge in [0.2, 0.25) is 11.1 Å². The lowest BCUT2D eigenvalue weighted by Crippen LogP contribution is -2.18. The average molecular weight is 426 g/mol. The number of amides is 1. The van der Waals surface area contributed by atoms with Crippen LogP contribution in [-0.2, 0) is 11.4 Å². The van der Waals surface area contributed by atoms with Gasteiger partial charge in [0, 0.05) is 5.69 Å². The summed E-state index contributed by atoms with van der Waals surface area (Å²) in [5.41, 5.74) is 4.18. The van der Waals surface area contributed by atoms with Crippen molar-refractivity contribution >= 4 is 23.4 Å². The summed E-state index contributed by atoms with van der Waals surface area (Å²) in [4.78, 5) is 12.4. The molecule has 0 bridgehead atoms. The maximum atomic E-state index is 12.4. The van der Waals surface area contributed by atoms with Crippen molar-refractivity contribution in [2.45, 2.75) is 45.4 Å². The van der Waals surface area contributed by atoms with E-state index < -0.39 is 0 Å². The van der Waals surface area contributed by atoms with Crippen LogP contribution >= 0.6 is 11.8 Å². The molecule has 0 fully saturated rings. The molecule has 7 nitrogen and oxygen atoms in total. The minimum Gasteiger partial charge on any atom is -0.486 e. The Morgan fingerprint density at radius 2 is 1.87 bits per heavy atom. The molecular formula is C22H27N5O2S. The highest BCUT2D eigenvalue weighted by atomic mass is 32.2. The van der Waals surface area contributed by atoms with E-state index in [4.69, 9.17) is 10.6 Å². The molecule has 0 spiro atoms. The molecule has 8 heteroatoms. The number of benzene rings is 2. The molecule has 1 heterocycles. The zero-order valence-electron chi connectivity index (χ0n) is 17.7. The van der Waals surface area contributed by atoms with Gasteiger partial charge < -0.3 is 15.9 Å². The van der Waals surface area contributed by atoms with Crippen molar-refractivity contribution in [2.24, 2.45) is 0 Å². The van der Waals surface area contributed by atoms with E-state index in [0.717, 1.165) is 28.1 Å². The largest absolute Gasteiger partial charge is 0.486 e. The number of thioether (sulfide) groups is 1. The van der Waals surface area contributed by atoms with Crippen molar-refractivity contribution in [1.29, 1.82) is 0 Å². The fourth-order valence-corrected chi connectivity index (χ4v) is 3.77. The fraction of sp³-hybridized carbons (Fsp3) is 0.318. The van der Waals surface area contributed by atoms with Crippen molar-refractivity contribution in [2.75, 3.05) is 16.9 Å². The number of nitrogens with one attached hydrogen (secondary N) is 1. The van der Waals surface area contributed by atoms with Gasteiger partial charge in [0.1, 0.15) is 12.4 Å². The molecule has 0 radical (unpaired) electrons. The molecule has 2 aromatic carbocycles. The third-order valence-corrected chi connectivity index (χ3v) is 5.43. The summed E-state index contributed by atoms with van der Waals surface area (Å²) in [5, 5.41) is 11.6. The summed E-state index contributed by atoms with van der Waals surface area (Å²) in [6.07, 6.45) is 0. The Hall–Kier alpha value is -3.00. The molecule has 0 aliphatic heterocycles. The normalized spacial score (nSPS) is 11.0. The maximum Gasteiger partial charge on any atom is 0.234 e. The van der Waals surface area contributed by atoms with Crippen molar-refractivity contribution < 1.29 is 9.53 Å². The summed E-state index contributed by atoms with van der Waals surface area (Å²) < 4.78 is 7.16. The fourth-order valence-electron chi connectivity index (χ4n) is 3.10. The van der Waals surface area contributed by atoms with Crippen LogP contribution in [0.1, 0.15) is 42.3 Å². The van der Waals surface area contributed by atoms with E-state index in [2.05, 4.69) is 35.4 Å². The Bertz CT molecular complexity index is 1010. The van der Waals surface area contributed by atoms with Gasteiger partial charge in [-0.25, -0.2) is 4.68 Å². The van der Waals surface area contributed by atoms with E-state index in [9.17, 15) is 4.79 Å². The first-order chi connectivity index (χ1) is 14.3. The molecular weight excluding hydrogens is 398 g/mol. The first-order valence-corrected chi connectivity index (χ1v) is 10.7. The average Bonchev–Trinajstić information content (AvgIpc) is 3.04. The standard InChI is InChI=1S/C22H27N5O2S/c1-14(2)18-7-5-6-8-19(18)24-21(28)13-30-22-26-25-20(27(22)23)12-29-17-10-15(3)9-16(4)11-17/h5-11,14H,12-13,23H2,1-4H3,(H,24,28). The lowest BCUT2D eigenvalue weighted by Gasteiger charge is -2.13. The van der Waals surface area contributed by atoms with E-state index in [0.29, 0.717) is 16.9 Å². The second-order valence-electron chi connectivity index (χ2n) is 7.46. The van der Waals surface area contributed by atoms with E-state index in [1.54, 1.807) is 0 Å². The van der Waals surface area contributed by atoms with Gasteiger partial charge in [-0.05, 0) is 54.7 Å². The molecule has 3 N–H and O–H groups in total. The third kappa shape index (κ3) is 5.54. The predicted octanol–water partition coefficient (Wildman–Crippen LogP) is 4.04. The molecule has 0 atom stereocenters. The van der Waals surface area contributed by atoms with Gasteiger partial charge in [-0.15, -0.1) is 10.2 Å². The van der Waals surface area contributed by atoms with Crippen molar-refractivity contribution in [1.82, 2.24) is 14.9 Å². The molecule has 1 amide bonds. The number of nitrogens with two attached hydrogens (primary N) is 1. The highest BCUT2D eigenvalue weighted by molar-refractivity contribution is 7.99. The molecule has 0 unspecified atom stereocenters. The number of nitrogens with zero attached hydrogens (tertiary/aromatic N) is 3. The number of carbonyl (C=O) groups excluding carboxylic acids is 1. The second kappa shape index (κ2) is 9.67. The Kier molecular flexibility index (Phi) is 6.99. The summed E-state index contributed by atoms with van der Waals surface area (Å²) in [5.74, 6) is 7.71. The Balaban J connectivity index is 1.57. The summed E-state index contributed by atoms with van der Waals surface area (Å²) >= 11 is 1.23. The summed E-state index contributed by atoms with van der Waals surface area (Å²) in [6.45, 7) is 8.42. The SMILES string of the molecule is Cc1cc(C)cc(OCc2nnc(SCC(=O)Nc3ccccc3C(C)C)n2N)c1. The monoisotopic (exact) mass is 425 g/mol. The lowest BCUT2D eigenvalue weighted by atomic mass is 10.0. The number of hydrogen-bond donors (Lipinski definition) is 2. The minimum absolute atomic E-state index is 0.121. The molecule has 158 valence electrons. The quantitative estimate of drug-likeness (QED) is 0.418. The van der Waals surface area contributed by atoms with Gasteiger partial charge in [0.25, 0.3) is 0 Å². The van der Waals surface area contributed by atoms with Crippen LogP contribution in [0.15, 0.2) is 47.6 Å². The van der Waals surface area contributed by atoms with Crippen molar-refractivity contribution in [3.63, 3.8) is 0 Å². The van der Waals surface area contributed by atoms with Crippen LogP contribution in [0, 0.1) is 13.8 Å². The molecule has 0 aliphatic carbocycles. The van der Waals surface area contributed by atoms with Gasteiger partial charge in [-0.2, -0.15) is 0 Å². The van der Waals surface area contributed by atoms with E-state index in [1.807, 2.05) is 50.2 Å². The number of nitrogen functional groups attached to an aromatic ring is 1. The highest BCUT2D eigenvalue weighted by Crippen LogP contribution is 2.24. The van der Waals surface area contributed by atoms with Gasteiger partial charge in [0.05, 0.1) is 5.75 Å². The second-order valence-corrected chi connectivity index (χ2v) is 8.40. The summed E-state index contributed by atoms with van der Waals surface area (Å²) in [7, 11) is 0. The Morgan fingerprint density at radius 1 is 1.17 bits per heavy atom. The number of aromatic nitrogens is 3. The zero-order valence-corrected chi connectivity index (χ0v) is 18.5. The maximum absolute atomic E-state index is 12.4. The highest BCUT2D eigenvalue weighted by Gasteiger charge is 2.14. The number of para-hydroxylation sites is 1. The van der Waals surface area contributed by atoms with Gasteiger partial charge in [-0.3, -0.25) is 4.79 Å². The first kappa shape index (κ1) is 21.7. The molecule has 0 saturated carbocycles. The van der Waals surface area contributed by atoms with Gasteiger partial charge >= 0.3 is 0 Å². The van der Waals surface area contributed by atoms with E-state index >= 15 is 0 Å². The molecule has 0 saturated heterocycles. The predicted molar refractivity (Wildman–Crippen MR) is 120 cm³/mol. The molecule has 1 aromatic heterocycles. The number of aryl methyl sites for hydroxylation is 2. The zero-order chi connectivity index (χ0) is 21.7. The van der Waals surface area contributed by atoms with Crippen LogP contribution in [0.5, 0.6) is 5.75 Å². The number of anilines is 1. The molecule has 3 aromatic rings. The molecule has 3 rings (SSSR count). The third-order valence-electron chi connectivity index (χ3n) is 4.49. The lowest BCUT2D eigenvalue weighted by molar-refractivity contribution is -0.113. The minimum atomic E-state index is -0.121. The van der Waals surface area contributed by atoms with Crippen LogP contribution in [0.2, 0.25) is 0 Å². The smallest absolute Gasteiger partial charge is 0.234 e.